The Labute approximate surface area is 139 Å². The van der Waals surface area contributed by atoms with Crippen molar-refractivity contribution in [3.63, 3.8) is 0 Å². The molecule has 1 heterocycles. The Morgan fingerprint density at radius 1 is 1.28 bits per heavy atom. The molecule has 3 fully saturated rings. The molecular formula is C13H14F4O7S. The number of carbonyl (C=O) groups is 2. The minimum atomic E-state index is -6.33. The number of hydrogen-bond donors (Lipinski definition) is 1. The van der Waals surface area contributed by atoms with E-state index in [1.807, 2.05) is 0 Å². The summed E-state index contributed by atoms with van der Waals surface area (Å²) in [5.74, 6) is -7.90. The maximum Gasteiger partial charge on any atom is 0.431 e. The molecule has 25 heavy (non-hydrogen) atoms. The summed E-state index contributed by atoms with van der Waals surface area (Å²) in [4.78, 5) is 23.6. The third-order valence-corrected chi connectivity index (χ3v) is 6.12. The van der Waals surface area contributed by atoms with Gasteiger partial charge in [0.15, 0.2) is 0 Å². The first-order valence-electron chi connectivity index (χ1n) is 7.46. The van der Waals surface area contributed by atoms with E-state index in [1.54, 1.807) is 0 Å². The zero-order valence-corrected chi connectivity index (χ0v) is 13.3. The molecular weight excluding hydrogens is 376 g/mol. The number of alkyl halides is 4. The van der Waals surface area contributed by atoms with E-state index in [9.17, 15) is 35.6 Å². The second-order valence-corrected chi connectivity index (χ2v) is 8.01. The summed E-state index contributed by atoms with van der Waals surface area (Å²) >= 11 is 0. The van der Waals surface area contributed by atoms with Crippen molar-refractivity contribution in [2.24, 2.45) is 23.7 Å². The lowest BCUT2D eigenvalue weighted by Crippen LogP contribution is -2.47. The van der Waals surface area contributed by atoms with Crippen molar-refractivity contribution >= 4 is 22.1 Å². The van der Waals surface area contributed by atoms with E-state index in [-0.39, 0.29) is 17.8 Å². The molecule has 7 nitrogen and oxygen atoms in total. The van der Waals surface area contributed by atoms with Gasteiger partial charge in [-0.3, -0.25) is 14.1 Å². The lowest BCUT2D eigenvalue weighted by atomic mass is 9.82. The number of fused-ring (bicyclic) bond motifs is 1. The van der Waals surface area contributed by atoms with Gasteiger partial charge in [0.1, 0.15) is 6.10 Å². The van der Waals surface area contributed by atoms with Gasteiger partial charge in [-0.15, -0.1) is 0 Å². The number of halogens is 4. The van der Waals surface area contributed by atoms with Crippen LogP contribution in [-0.2, 0) is 29.2 Å². The third-order valence-electron chi connectivity index (χ3n) is 5.17. The van der Waals surface area contributed by atoms with Crippen LogP contribution in [0.15, 0.2) is 0 Å². The fraction of sp³-hybridized carbons (Fsp3) is 0.846. The van der Waals surface area contributed by atoms with Crippen LogP contribution in [0.5, 0.6) is 0 Å². The van der Waals surface area contributed by atoms with Crippen LogP contribution in [0.25, 0.3) is 0 Å². The van der Waals surface area contributed by atoms with Crippen molar-refractivity contribution in [3.05, 3.63) is 0 Å². The highest BCUT2D eigenvalue weighted by Crippen LogP contribution is 2.57. The van der Waals surface area contributed by atoms with Gasteiger partial charge in [-0.1, -0.05) is 0 Å². The number of ether oxygens (including phenoxy) is 2. The van der Waals surface area contributed by atoms with E-state index in [1.165, 1.54) is 0 Å². The molecule has 1 aliphatic heterocycles. The van der Waals surface area contributed by atoms with E-state index >= 15 is 0 Å². The Hall–Kier alpha value is -1.43. The lowest BCUT2D eigenvalue weighted by molar-refractivity contribution is -0.177. The monoisotopic (exact) mass is 390 g/mol. The minimum Gasteiger partial charge on any atom is -0.465 e. The summed E-state index contributed by atoms with van der Waals surface area (Å²) in [6, 6.07) is 0. The SMILES string of the molecule is O=C1OC2C3CC(CC13)C2C(=O)OCCC(F)(F)C(F)(F)S(=O)(=O)O. The first-order valence-corrected chi connectivity index (χ1v) is 8.90. The van der Waals surface area contributed by atoms with Crippen molar-refractivity contribution in [1.82, 2.24) is 0 Å². The largest absolute Gasteiger partial charge is 0.465 e. The molecule has 12 heteroatoms. The van der Waals surface area contributed by atoms with E-state index in [0.29, 0.717) is 12.8 Å². The fourth-order valence-corrected chi connectivity index (χ4v) is 4.47. The summed E-state index contributed by atoms with van der Waals surface area (Å²) in [6.45, 7) is -1.17. The molecule has 3 aliphatic rings. The van der Waals surface area contributed by atoms with Crippen molar-refractivity contribution < 1.29 is 49.6 Å². The predicted molar refractivity (Wildman–Crippen MR) is 70.1 cm³/mol. The normalized spacial score (nSPS) is 34.3. The van der Waals surface area contributed by atoms with Gasteiger partial charge in [0.2, 0.25) is 0 Å². The summed E-state index contributed by atoms with van der Waals surface area (Å²) in [5.41, 5.74) is 0. The summed E-state index contributed by atoms with van der Waals surface area (Å²) < 4.78 is 91.4. The van der Waals surface area contributed by atoms with E-state index < -0.39 is 58.3 Å². The van der Waals surface area contributed by atoms with Gasteiger partial charge in [0.05, 0.1) is 24.9 Å². The molecule has 0 aromatic carbocycles. The second-order valence-electron chi connectivity index (χ2n) is 6.54. The Kier molecular flexibility index (Phi) is 4.06. The molecule has 5 unspecified atom stereocenters. The van der Waals surface area contributed by atoms with Gasteiger partial charge in [-0.2, -0.15) is 26.0 Å². The van der Waals surface area contributed by atoms with E-state index in [0.717, 1.165) is 0 Å². The van der Waals surface area contributed by atoms with Crippen molar-refractivity contribution in [3.8, 4) is 0 Å². The molecule has 142 valence electrons. The van der Waals surface area contributed by atoms with Crippen LogP contribution in [0.3, 0.4) is 0 Å². The molecule has 0 radical (unpaired) electrons. The van der Waals surface area contributed by atoms with E-state index in [4.69, 9.17) is 9.29 Å². The van der Waals surface area contributed by atoms with Crippen molar-refractivity contribution in [2.45, 2.75) is 36.5 Å². The van der Waals surface area contributed by atoms with Crippen LogP contribution in [0.1, 0.15) is 19.3 Å². The number of hydrogen-bond acceptors (Lipinski definition) is 6. The Balaban J connectivity index is 1.58. The Morgan fingerprint density at radius 2 is 1.92 bits per heavy atom. The van der Waals surface area contributed by atoms with Gasteiger partial charge in [-0.05, 0) is 18.8 Å². The average Bonchev–Trinajstić information content (AvgIpc) is 3.07. The Morgan fingerprint density at radius 3 is 2.52 bits per heavy atom. The van der Waals surface area contributed by atoms with Gasteiger partial charge >= 0.3 is 33.2 Å². The quantitative estimate of drug-likeness (QED) is 0.413. The maximum atomic E-state index is 13.3. The maximum absolute atomic E-state index is 13.3. The van der Waals surface area contributed by atoms with Crippen molar-refractivity contribution in [2.75, 3.05) is 6.61 Å². The number of rotatable bonds is 6. The smallest absolute Gasteiger partial charge is 0.431 e. The van der Waals surface area contributed by atoms with Crippen LogP contribution in [0.4, 0.5) is 17.6 Å². The average molecular weight is 390 g/mol. The standard InChI is InChI=1S/C13H14F4O7S/c14-12(15,13(16,17)25(20,21)22)1-2-23-11(19)8-5-3-6-7(4-5)10(18)24-9(6)8/h5-9H,1-4H2,(H,20,21,22). The topological polar surface area (TPSA) is 107 Å². The van der Waals surface area contributed by atoms with Gasteiger partial charge in [0, 0.05) is 5.92 Å². The summed E-state index contributed by atoms with van der Waals surface area (Å²) in [7, 11) is -6.33. The van der Waals surface area contributed by atoms with Crippen LogP contribution in [0.2, 0.25) is 0 Å². The summed E-state index contributed by atoms with van der Waals surface area (Å²) in [6.07, 6.45) is -1.49. The minimum absolute atomic E-state index is 0.125. The molecule has 5 atom stereocenters. The number of esters is 2. The van der Waals surface area contributed by atoms with Crippen molar-refractivity contribution in [1.29, 1.82) is 0 Å². The molecule has 2 bridgehead atoms. The molecule has 0 aromatic rings. The highest BCUT2D eigenvalue weighted by atomic mass is 32.2. The molecule has 2 aliphatic carbocycles. The van der Waals surface area contributed by atoms with Gasteiger partial charge in [0.25, 0.3) is 0 Å². The molecule has 0 aromatic heterocycles. The van der Waals surface area contributed by atoms with Gasteiger partial charge < -0.3 is 9.47 Å². The Bertz CT molecular complexity index is 707. The highest BCUT2D eigenvalue weighted by molar-refractivity contribution is 7.87. The van der Waals surface area contributed by atoms with Crippen LogP contribution in [0, 0.1) is 23.7 Å². The predicted octanol–water partition coefficient (Wildman–Crippen LogP) is 1.23. The molecule has 2 saturated carbocycles. The molecule has 3 rings (SSSR count). The summed E-state index contributed by atoms with van der Waals surface area (Å²) in [5, 5.41) is -5.70. The molecule has 0 spiro atoms. The van der Waals surface area contributed by atoms with Crippen LogP contribution in [-0.4, -0.2) is 48.8 Å². The molecule has 0 amide bonds. The number of carbonyl (C=O) groups excluding carboxylic acids is 2. The van der Waals surface area contributed by atoms with E-state index in [2.05, 4.69) is 4.74 Å². The fourth-order valence-electron chi connectivity index (χ4n) is 3.99. The third kappa shape index (κ3) is 2.69. The van der Waals surface area contributed by atoms with Crippen LogP contribution >= 0.6 is 0 Å². The van der Waals surface area contributed by atoms with Gasteiger partial charge in [-0.25, -0.2) is 0 Å². The molecule has 1 saturated heterocycles. The van der Waals surface area contributed by atoms with Crippen LogP contribution < -0.4 is 0 Å². The molecule has 1 N–H and O–H groups in total. The highest BCUT2D eigenvalue weighted by Gasteiger charge is 2.66. The lowest BCUT2D eigenvalue weighted by Gasteiger charge is -2.25. The zero-order chi connectivity index (χ0) is 18.8. The zero-order valence-electron chi connectivity index (χ0n) is 12.5. The first kappa shape index (κ1) is 18.4. The first-order chi connectivity index (χ1) is 11.4. The second kappa shape index (κ2) is 5.53.